The maximum atomic E-state index is 10.7. The first-order valence-electron chi connectivity index (χ1n) is 6.56. The monoisotopic (exact) mass is 249 g/mol. The Bertz CT molecular complexity index is 359. The topological polar surface area (TPSA) is 52.7 Å². The van der Waals surface area contributed by atoms with E-state index in [1.807, 2.05) is 37.4 Å². The van der Waals surface area contributed by atoms with E-state index in [0.29, 0.717) is 0 Å². The van der Waals surface area contributed by atoms with Crippen LogP contribution in [0.2, 0.25) is 0 Å². The van der Waals surface area contributed by atoms with Gasteiger partial charge in [0.2, 0.25) is 0 Å². The van der Waals surface area contributed by atoms with E-state index in [2.05, 4.69) is 4.90 Å². The average Bonchev–Trinajstić information content (AvgIpc) is 2.39. The fourth-order valence-electron chi connectivity index (χ4n) is 2.48. The number of nitrogens with zero attached hydrogens (tertiary/aromatic N) is 2. The maximum Gasteiger partial charge on any atom is 0.0920 e. The molecule has 1 saturated heterocycles. The first kappa shape index (κ1) is 13.5. The molecule has 0 radical (unpaired) electrons. The summed E-state index contributed by atoms with van der Waals surface area (Å²) in [4.78, 5) is 2.36. The van der Waals surface area contributed by atoms with Gasteiger partial charge in [-0.05, 0) is 18.4 Å². The van der Waals surface area contributed by atoms with E-state index in [1.165, 1.54) is 0 Å². The molecule has 0 atom stereocenters. The molecule has 0 bridgehead atoms. The van der Waals surface area contributed by atoms with Crippen molar-refractivity contribution in [2.45, 2.75) is 18.4 Å². The number of piperidine rings is 1. The third-order valence-corrected chi connectivity index (χ3v) is 3.76. The third kappa shape index (κ3) is 3.29. The molecule has 100 valence electrons. The van der Waals surface area contributed by atoms with Crippen LogP contribution in [0.4, 0.5) is 0 Å². The quantitative estimate of drug-likeness (QED) is 0.611. The van der Waals surface area contributed by atoms with Crippen LogP contribution >= 0.6 is 0 Å². The van der Waals surface area contributed by atoms with Crippen LogP contribution in [0.5, 0.6) is 0 Å². The molecule has 3 N–H and O–H groups in total. The zero-order valence-electron chi connectivity index (χ0n) is 11.0. The zero-order chi connectivity index (χ0) is 13.0. The Labute approximate surface area is 109 Å². The van der Waals surface area contributed by atoms with Crippen LogP contribution in [0.25, 0.3) is 0 Å². The molecule has 0 spiro atoms. The van der Waals surface area contributed by atoms with Crippen LogP contribution in [0.15, 0.2) is 30.3 Å². The van der Waals surface area contributed by atoms with Crippen LogP contribution in [-0.4, -0.2) is 48.2 Å². The molecule has 1 fully saturated rings. The summed E-state index contributed by atoms with van der Waals surface area (Å²) in [6.45, 7) is 3.69. The Balaban J connectivity index is 1.89. The Hall–Kier alpha value is -0.940. The van der Waals surface area contributed by atoms with E-state index in [9.17, 15) is 5.11 Å². The summed E-state index contributed by atoms with van der Waals surface area (Å²) >= 11 is 0. The van der Waals surface area contributed by atoms with Gasteiger partial charge in [0.1, 0.15) is 0 Å². The molecule has 4 heteroatoms. The average molecular weight is 249 g/mol. The highest BCUT2D eigenvalue weighted by Crippen LogP contribution is 2.32. The van der Waals surface area contributed by atoms with Gasteiger partial charge in [0.25, 0.3) is 0 Å². The third-order valence-electron chi connectivity index (χ3n) is 3.76. The van der Waals surface area contributed by atoms with Crippen molar-refractivity contribution < 1.29 is 5.11 Å². The SMILES string of the molecule is CN(N)CCN1CCC(O)(c2ccccc2)CC1. The molecular formula is C14H23N3O. The Kier molecular flexibility index (Phi) is 4.35. The van der Waals surface area contributed by atoms with Gasteiger partial charge in [-0.1, -0.05) is 30.3 Å². The van der Waals surface area contributed by atoms with Crippen molar-refractivity contribution in [1.82, 2.24) is 9.91 Å². The van der Waals surface area contributed by atoms with E-state index in [-0.39, 0.29) is 0 Å². The summed E-state index contributed by atoms with van der Waals surface area (Å²) < 4.78 is 0. The summed E-state index contributed by atoms with van der Waals surface area (Å²) in [6.07, 6.45) is 1.59. The molecule has 2 rings (SSSR count). The van der Waals surface area contributed by atoms with Crippen LogP contribution in [0.1, 0.15) is 18.4 Å². The molecule has 1 aromatic carbocycles. The van der Waals surface area contributed by atoms with Crippen LogP contribution in [-0.2, 0) is 5.60 Å². The molecule has 0 saturated carbocycles. The minimum absolute atomic E-state index is 0.646. The second kappa shape index (κ2) is 5.80. The van der Waals surface area contributed by atoms with Crippen molar-refractivity contribution in [3.63, 3.8) is 0 Å². The fourth-order valence-corrected chi connectivity index (χ4v) is 2.48. The Morgan fingerprint density at radius 1 is 1.28 bits per heavy atom. The lowest BCUT2D eigenvalue weighted by Crippen LogP contribution is -2.45. The van der Waals surface area contributed by atoms with Crippen molar-refractivity contribution in [3.8, 4) is 0 Å². The van der Waals surface area contributed by atoms with Gasteiger partial charge in [0.15, 0.2) is 0 Å². The number of hydrogen-bond donors (Lipinski definition) is 2. The Morgan fingerprint density at radius 2 is 1.89 bits per heavy atom. The second-order valence-electron chi connectivity index (χ2n) is 5.22. The van der Waals surface area contributed by atoms with Crippen molar-refractivity contribution in [3.05, 3.63) is 35.9 Å². The van der Waals surface area contributed by atoms with Gasteiger partial charge >= 0.3 is 0 Å². The van der Waals surface area contributed by atoms with E-state index >= 15 is 0 Å². The minimum Gasteiger partial charge on any atom is -0.385 e. The molecule has 4 nitrogen and oxygen atoms in total. The van der Waals surface area contributed by atoms with Crippen LogP contribution in [0.3, 0.4) is 0 Å². The highest BCUT2D eigenvalue weighted by Gasteiger charge is 2.33. The highest BCUT2D eigenvalue weighted by molar-refractivity contribution is 5.22. The molecule has 1 aromatic rings. The second-order valence-corrected chi connectivity index (χ2v) is 5.22. The molecule has 1 heterocycles. The summed E-state index contributed by atoms with van der Waals surface area (Å²) in [5, 5.41) is 12.4. The van der Waals surface area contributed by atoms with Gasteiger partial charge in [0, 0.05) is 33.2 Å². The van der Waals surface area contributed by atoms with E-state index < -0.39 is 5.60 Å². The first-order valence-corrected chi connectivity index (χ1v) is 6.56. The minimum atomic E-state index is -0.646. The lowest BCUT2D eigenvalue weighted by molar-refractivity contribution is -0.0269. The van der Waals surface area contributed by atoms with Gasteiger partial charge in [-0.15, -0.1) is 0 Å². The van der Waals surface area contributed by atoms with E-state index in [4.69, 9.17) is 5.84 Å². The molecule has 0 aliphatic carbocycles. The molecule has 0 unspecified atom stereocenters. The molecule has 1 aliphatic rings. The maximum absolute atomic E-state index is 10.7. The van der Waals surface area contributed by atoms with Crippen molar-refractivity contribution in [2.24, 2.45) is 5.84 Å². The lowest BCUT2D eigenvalue weighted by Gasteiger charge is -2.38. The Morgan fingerprint density at radius 3 is 2.44 bits per heavy atom. The van der Waals surface area contributed by atoms with Gasteiger partial charge in [-0.2, -0.15) is 0 Å². The van der Waals surface area contributed by atoms with Crippen LogP contribution < -0.4 is 5.84 Å². The lowest BCUT2D eigenvalue weighted by atomic mass is 9.84. The molecule has 18 heavy (non-hydrogen) atoms. The molecule has 1 aliphatic heterocycles. The zero-order valence-corrected chi connectivity index (χ0v) is 11.0. The van der Waals surface area contributed by atoms with Gasteiger partial charge < -0.3 is 10.0 Å². The number of benzene rings is 1. The van der Waals surface area contributed by atoms with Crippen molar-refractivity contribution in [2.75, 3.05) is 33.2 Å². The first-order chi connectivity index (χ1) is 8.60. The normalized spacial score (nSPS) is 20.2. The fraction of sp³-hybridized carbons (Fsp3) is 0.571. The number of hydrogen-bond acceptors (Lipinski definition) is 4. The van der Waals surface area contributed by atoms with Gasteiger partial charge in [0.05, 0.1) is 5.60 Å². The van der Waals surface area contributed by atoms with Crippen molar-refractivity contribution in [1.29, 1.82) is 0 Å². The summed E-state index contributed by atoms with van der Waals surface area (Å²) in [7, 11) is 1.88. The highest BCUT2D eigenvalue weighted by atomic mass is 16.3. The van der Waals surface area contributed by atoms with E-state index in [1.54, 1.807) is 5.01 Å². The molecule has 0 aromatic heterocycles. The largest absolute Gasteiger partial charge is 0.385 e. The summed E-state index contributed by atoms with van der Waals surface area (Å²) in [5.41, 5.74) is 0.396. The van der Waals surface area contributed by atoms with Crippen LogP contribution in [0, 0.1) is 0 Å². The standard InChI is InChI=1S/C14H23N3O/c1-16(15)11-12-17-9-7-14(18,8-10-17)13-5-3-2-4-6-13/h2-6,18H,7-12,15H2,1H3. The number of likely N-dealkylation sites (tertiary alicyclic amines) is 1. The molecular weight excluding hydrogens is 226 g/mol. The van der Waals surface area contributed by atoms with E-state index in [0.717, 1.165) is 44.6 Å². The smallest absolute Gasteiger partial charge is 0.0920 e. The van der Waals surface area contributed by atoms with Gasteiger partial charge in [-0.3, -0.25) is 5.84 Å². The number of aliphatic hydroxyl groups is 1. The number of hydrazine groups is 1. The van der Waals surface area contributed by atoms with Crippen molar-refractivity contribution >= 4 is 0 Å². The predicted octanol–water partition coefficient (Wildman–Crippen LogP) is 0.776. The summed E-state index contributed by atoms with van der Waals surface area (Å²) in [6, 6.07) is 10.00. The number of likely N-dealkylation sites (N-methyl/N-ethyl adjacent to an activating group) is 1. The predicted molar refractivity (Wildman–Crippen MR) is 72.8 cm³/mol. The van der Waals surface area contributed by atoms with Gasteiger partial charge in [-0.25, -0.2) is 5.01 Å². The number of rotatable bonds is 4. The summed E-state index contributed by atoms with van der Waals surface area (Å²) in [5.74, 6) is 5.61. The molecule has 0 amide bonds. The number of nitrogens with two attached hydrogens (primary N) is 1.